The van der Waals surface area contributed by atoms with E-state index >= 15 is 0 Å². The number of nitrogens with zero attached hydrogens (tertiary/aromatic N) is 3. The predicted molar refractivity (Wildman–Crippen MR) is 118 cm³/mol. The third-order valence-electron chi connectivity index (χ3n) is 5.19. The molecule has 9 heteroatoms. The zero-order chi connectivity index (χ0) is 21.3. The molecule has 0 bridgehead atoms. The molecule has 2 aromatic rings. The van der Waals surface area contributed by atoms with Gasteiger partial charge in [0.15, 0.2) is 0 Å². The SMILES string of the molecule is Cc1cc2c(cc1Nc1nc(NCC(C)(C)C)nc(N[C@H]3CCNC3)n1)C(=O)NC2. The first kappa shape index (κ1) is 20.3. The summed E-state index contributed by atoms with van der Waals surface area (Å²) in [7, 11) is 0. The first-order valence-corrected chi connectivity index (χ1v) is 10.4. The van der Waals surface area contributed by atoms with Gasteiger partial charge in [0.05, 0.1) is 0 Å². The number of fused-ring (bicyclic) bond motifs is 1. The van der Waals surface area contributed by atoms with Crippen molar-refractivity contribution in [1.82, 2.24) is 25.6 Å². The van der Waals surface area contributed by atoms with Gasteiger partial charge in [-0.1, -0.05) is 26.8 Å². The Hall–Kier alpha value is -2.94. The molecular weight excluding hydrogens is 380 g/mol. The average molecular weight is 411 g/mol. The highest BCUT2D eigenvalue weighted by atomic mass is 16.1. The van der Waals surface area contributed by atoms with Crippen LogP contribution in [0.15, 0.2) is 12.1 Å². The Morgan fingerprint density at radius 3 is 2.63 bits per heavy atom. The summed E-state index contributed by atoms with van der Waals surface area (Å²) in [6.45, 7) is 11.7. The first-order chi connectivity index (χ1) is 14.3. The van der Waals surface area contributed by atoms with Gasteiger partial charge in [0.2, 0.25) is 17.8 Å². The van der Waals surface area contributed by atoms with E-state index in [1.807, 2.05) is 19.1 Å². The molecule has 1 atom stereocenters. The summed E-state index contributed by atoms with van der Waals surface area (Å²) in [6.07, 6.45) is 1.03. The van der Waals surface area contributed by atoms with E-state index in [-0.39, 0.29) is 11.3 Å². The number of nitrogens with one attached hydrogen (secondary N) is 5. The van der Waals surface area contributed by atoms with Gasteiger partial charge in [0.25, 0.3) is 5.91 Å². The van der Waals surface area contributed by atoms with Gasteiger partial charge in [-0.25, -0.2) is 0 Å². The van der Waals surface area contributed by atoms with E-state index in [9.17, 15) is 4.79 Å². The Labute approximate surface area is 176 Å². The van der Waals surface area contributed by atoms with E-state index in [0.717, 1.165) is 42.9 Å². The molecule has 0 saturated carbocycles. The molecule has 2 aliphatic heterocycles. The Balaban J connectivity index is 1.61. The number of aryl methyl sites for hydroxylation is 1. The van der Waals surface area contributed by atoms with Crippen molar-refractivity contribution in [3.63, 3.8) is 0 Å². The van der Waals surface area contributed by atoms with Crippen molar-refractivity contribution in [3.8, 4) is 0 Å². The van der Waals surface area contributed by atoms with Crippen LogP contribution in [-0.2, 0) is 6.54 Å². The molecule has 30 heavy (non-hydrogen) atoms. The van der Waals surface area contributed by atoms with Crippen LogP contribution >= 0.6 is 0 Å². The average Bonchev–Trinajstić information content (AvgIpc) is 3.30. The van der Waals surface area contributed by atoms with Crippen molar-refractivity contribution < 1.29 is 4.79 Å². The van der Waals surface area contributed by atoms with Gasteiger partial charge in [0.1, 0.15) is 0 Å². The third-order valence-corrected chi connectivity index (χ3v) is 5.19. The number of carbonyl (C=O) groups excluding carboxylic acids is 1. The second kappa shape index (κ2) is 8.06. The number of amides is 1. The fourth-order valence-electron chi connectivity index (χ4n) is 3.53. The van der Waals surface area contributed by atoms with Gasteiger partial charge < -0.3 is 26.6 Å². The van der Waals surface area contributed by atoms with Crippen LogP contribution in [0.1, 0.15) is 48.7 Å². The predicted octanol–water partition coefficient (Wildman–Crippen LogP) is 2.40. The number of anilines is 4. The summed E-state index contributed by atoms with van der Waals surface area (Å²) >= 11 is 0. The summed E-state index contributed by atoms with van der Waals surface area (Å²) in [5.74, 6) is 1.45. The number of aromatic nitrogens is 3. The zero-order valence-corrected chi connectivity index (χ0v) is 18.0. The molecule has 9 nitrogen and oxygen atoms in total. The first-order valence-electron chi connectivity index (χ1n) is 10.4. The molecule has 1 saturated heterocycles. The van der Waals surface area contributed by atoms with E-state index in [2.05, 4.69) is 62.3 Å². The van der Waals surface area contributed by atoms with Gasteiger partial charge in [-0.3, -0.25) is 4.79 Å². The summed E-state index contributed by atoms with van der Waals surface area (Å²) in [6, 6.07) is 4.19. The minimum absolute atomic E-state index is 0.0488. The number of rotatable bonds is 6. The largest absolute Gasteiger partial charge is 0.353 e. The van der Waals surface area contributed by atoms with Crippen LogP contribution < -0.4 is 26.6 Å². The Kier molecular flexibility index (Phi) is 5.46. The fourth-order valence-corrected chi connectivity index (χ4v) is 3.53. The molecule has 3 heterocycles. The summed E-state index contributed by atoms with van der Waals surface area (Å²) in [5.41, 5.74) is 3.64. The molecule has 160 valence electrons. The van der Waals surface area contributed by atoms with E-state index in [1.54, 1.807) is 0 Å². The van der Waals surface area contributed by atoms with E-state index in [1.165, 1.54) is 0 Å². The molecule has 1 fully saturated rings. The van der Waals surface area contributed by atoms with Gasteiger partial charge in [-0.2, -0.15) is 15.0 Å². The molecule has 0 aliphatic carbocycles. The van der Waals surface area contributed by atoms with Crippen LogP contribution in [0.25, 0.3) is 0 Å². The number of carbonyl (C=O) groups is 1. The molecule has 4 rings (SSSR count). The van der Waals surface area contributed by atoms with E-state index < -0.39 is 0 Å². The number of hydrogen-bond donors (Lipinski definition) is 5. The van der Waals surface area contributed by atoms with E-state index in [0.29, 0.717) is 36.0 Å². The molecule has 5 N–H and O–H groups in total. The van der Waals surface area contributed by atoms with Crippen molar-refractivity contribution in [2.75, 3.05) is 35.6 Å². The number of benzene rings is 1. The van der Waals surface area contributed by atoms with Crippen LogP contribution in [0.3, 0.4) is 0 Å². The quantitative estimate of drug-likeness (QED) is 0.493. The topological polar surface area (TPSA) is 116 Å². The minimum atomic E-state index is -0.0488. The maximum Gasteiger partial charge on any atom is 0.251 e. The van der Waals surface area contributed by atoms with Gasteiger partial charge in [-0.05, 0) is 42.5 Å². The van der Waals surface area contributed by atoms with Crippen LogP contribution in [-0.4, -0.2) is 46.5 Å². The van der Waals surface area contributed by atoms with Crippen LogP contribution in [0.2, 0.25) is 0 Å². The summed E-state index contributed by atoms with van der Waals surface area (Å²) in [4.78, 5) is 25.8. The molecular formula is C21H30N8O. The summed E-state index contributed by atoms with van der Waals surface area (Å²) in [5, 5.41) is 16.2. The zero-order valence-electron chi connectivity index (χ0n) is 18.0. The third kappa shape index (κ3) is 4.79. The second-order valence-corrected chi connectivity index (χ2v) is 9.19. The second-order valence-electron chi connectivity index (χ2n) is 9.19. The molecule has 2 aliphatic rings. The lowest BCUT2D eigenvalue weighted by Gasteiger charge is -2.20. The van der Waals surface area contributed by atoms with E-state index in [4.69, 9.17) is 0 Å². The Morgan fingerprint density at radius 2 is 1.90 bits per heavy atom. The Morgan fingerprint density at radius 1 is 1.13 bits per heavy atom. The van der Waals surface area contributed by atoms with Crippen molar-refractivity contribution in [2.24, 2.45) is 5.41 Å². The highest BCUT2D eigenvalue weighted by Gasteiger charge is 2.21. The summed E-state index contributed by atoms with van der Waals surface area (Å²) < 4.78 is 0. The highest BCUT2D eigenvalue weighted by Crippen LogP contribution is 2.27. The van der Waals surface area contributed by atoms with Gasteiger partial charge in [-0.15, -0.1) is 0 Å². The standard InChI is InChI=1S/C21H30N8O/c1-12-7-13-9-23-17(30)15(13)8-16(12)26-20-28-18(24-11-21(2,3)4)27-19(29-20)25-14-5-6-22-10-14/h7-8,14,22H,5-6,9-11H2,1-4H3,(H,23,30)(H3,24,25,26,27,28,29)/t14-/m0/s1. The molecule has 1 aromatic heterocycles. The lowest BCUT2D eigenvalue weighted by molar-refractivity contribution is 0.0966. The highest BCUT2D eigenvalue weighted by molar-refractivity contribution is 5.99. The maximum absolute atomic E-state index is 12.1. The van der Waals surface area contributed by atoms with Gasteiger partial charge in [0, 0.05) is 36.9 Å². The Bertz CT molecular complexity index is 947. The smallest absolute Gasteiger partial charge is 0.251 e. The molecule has 1 amide bonds. The maximum atomic E-state index is 12.1. The normalized spacial score (nSPS) is 18.1. The van der Waals surface area contributed by atoms with Crippen LogP contribution in [0.5, 0.6) is 0 Å². The van der Waals surface area contributed by atoms with Gasteiger partial charge >= 0.3 is 0 Å². The molecule has 0 spiro atoms. The minimum Gasteiger partial charge on any atom is -0.353 e. The molecule has 0 radical (unpaired) electrons. The van der Waals surface area contributed by atoms with Crippen molar-refractivity contribution in [2.45, 2.75) is 46.7 Å². The molecule has 1 aromatic carbocycles. The van der Waals surface area contributed by atoms with Crippen molar-refractivity contribution >= 4 is 29.4 Å². The van der Waals surface area contributed by atoms with Crippen LogP contribution in [0, 0.1) is 12.3 Å². The van der Waals surface area contributed by atoms with Crippen molar-refractivity contribution in [1.29, 1.82) is 0 Å². The monoisotopic (exact) mass is 410 g/mol. The number of hydrogen-bond acceptors (Lipinski definition) is 8. The fraction of sp³-hybridized carbons (Fsp3) is 0.524. The van der Waals surface area contributed by atoms with Crippen molar-refractivity contribution in [3.05, 3.63) is 28.8 Å². The lowest BCUT2D eigenvalue weighted by Crippen LogP contribution is -2.25. The lowest BCUT2D eigenvalue weighted by atomic mass is 9.97. The van der Waals surface area contributed by atoms with Crippen LogP contribution in [0.4, 0.5) is 23.5 Å². The molecule has 0 unspecified atom stereocenters.